The van der Waals surface area contributed by atoms with Crippen LogP contribution in [0.4, 0.5) is 0 Å². The molecule has 1 amide bonds. The van der Waals surface area contributed by atoms with E-state index in [2.05, 4.69) is 5.32 Å². The molecule has 1 aliphatic heterocycles. The number of ether oxygens (including phenoxy) is 3. The van der Waals surface area contributed by atoms with Crippen molar-refractivity contribution in [1.29, 1.82) is 0 Å². The molecular weight excluding hydrogens is 318 g/mol. The van der Waals surface area contributed by atoms with E-state index in [1.54, 1.807) is 0 Å². The molecule has 0 bridgehead atoms. The Labute approximate surface area is 147 Å². The van der Waals surface area contributed by atoms with Gasteiger partial charge in [-0.1, -0.05) is 24.3 Å². The van der Waals surface area contributed by atoms with Gasteiger partial charge in [0.25, 0.3) is 0 Å². The summed E-state index contributed by atoms with van der Waals surface area (Å²) in [6.07, 6.45) is 0.933. The Morgan fingerprint density at radius 1 is 1.20 bits per heavy atom. The van der Waals surface area contributed by atoms with Crippen molar-refractivity contribution in [2.45, 2.75) is 25.9 Å². The summed E-state index contributed by atoms with van der Waals surface area (Å²) in [4.78, 5) is 11.9. The maximum Gasteiger partial charge on any atom is 0.220 e. The van der Waals surface area contributed by atoms with E-state index in [0.29, 0.717) is 32.6 Å². The third-order valence-corrected chi connectivity index (χ3v) is 3.90. The third-order valence-electron chi connectivity index (χ3n) is 3.90. The Hall–Kier alpha value is -2.69. The summed E-state index contributed by atoms with van der Waals surface area (Å²) < 4.78 is 17.1. The number of aryl methyl sites for hydroxylation is 1. The lowest BCUT2D eigenvalue weighted by Crippen LogP contribution is -2.40. The van der Waals surface area contributed by atoms with E-state index in [1.165, 1.54) is 0 Å². The molecule has 1 heterocycles. The van der Waals surface area contributed by atoms with Crippen LogP contribution >= 0.6 is 0 Å². The Morgan fingerprint density at radius 2 is 2.04 bits per heavy atom. The predicted octanol–water partition coefficient (Wildman–Crippen LogP) is 3.11. The van der Waals surface area contributed by atoms with Crippen molar-refractivity contribution in [1.82, 2.24) is 5.32 Å². The molecule has 1 atom stereocenters. The van der Waals surface area contributed by atoms with Crippen LogP contribution in [0.5, 0.6) is 17.2 Å². The highest BCUT2D eigenvalue weighted by Crippen LogP contribution is 2.30. The quantitative estimate of drug-likeness (QED) is 0.786. The molecule has 2 aromatic rings. The van der Waals surface area contributed by atoms with Crippen LogP contribution in [0.2, 0.25) is 0 Å². The maximum absolute atomic E-state index is 11.9. The van der Waals surface area contributed by atoms with Gasteiger partial charge in [0.05, 0.1) is 13.2 Å². The number of amides is 1. The molecule has 0 saturated carbocycles. The van der Waals surface area contributed by atoms with Gasteiger partial charge in [0.2, 0.25) is 5.91 Å². The fourth-order valence-electron chi connectivity index (χ4n) is 2.61. The summed E-state index contributed by atoms with van der Waals surface area (Å²) >= 11 is 0. The molecule has 0 spiro atoms. The molecule has 2 aromatic carbocycles. The molecule has 3 rings (SSSR count). The zero-order chi connectivity index (χ0) is 17.5. The topological polar surface area (TPSA) is 56.8 Å². The summed E-state index contributed by atoms with van der Waals surface area (Å²) in [5.74, 6) is 2.31. The Morgan fingerprint density at radius 3 is 2.88 bits per heavy atom. The van der Waals surface area contributed by atoms with Crippen LogP contribution in [0.25, 0.3) is 0 Å². The molecule has 1 aliphatic rings. The van der Waals surface area contributed by atoms with E-state index in [0.717, 1.165) is 22.8 Å². The molecule has 25 heavy (non-hydrogen) atoms. The number of carbonyl (C=O) groups is 1. The number of hydrogen-bond donors (Lipinski definition) is 1. The van der Waals surface area contributed by atoms with E-state index < -0.39 is 0 Å². The van der Waals surface area contributed by atoms with Gasteiger partial charge in [0.1, 0.15) is 18.5 Å². The van der Waals surface area contributed by atoms with Gasteiger partial charge in [-0.05, 0) is 43.2 Å². The minimum absolute atomic E-state index is 0.00435. The SMILES string of the molecule is Cc1cccc(OCCCC(=O)NC[C@H]2COc3ccccc3O2)c1. The van der Waals surface area contributed by atoms with Crippen LogP contribution in [0.3, 0.4) is 0 Å². The normalized spacial score (nSPS) is 15.5. The summed E-state index contributed by atoms with van der Waals surface area (Å²) in [5.41, 5.74) is 1.16. The van der Waals surface area contributed by atoms with Crippen molar-refractivity contribution in [2.75, 3.05) is 19.8 Å². The van der Waals surface area contributed by atoms with Gasteiger partial charge in [-0.2, -0.15) is 0 Å². The van der Waals surface area contributed by atoms with Crippen LogP contribution in [0.15, 0.2) is 48.5 Å². The highest BCUT2D eigenvalue weighted by molar-refractivity contribution is 5.75. The number of para-hydroxylation sites is 2. The first-order valence-electron chi connectivity index (χ1n) is 8.55. The number of carbonyl (C=O) groups excluding carboxylic acids is 1. The summed E-state index contributed by atoms with van der Waals surface area (Å²) in [6, 6.07) is 15.4. The minimum atomic E-state index is -0.164. The number of hydrogen-bond acceptors (Lipinski definition) is 4. The molecule has 132 valence electrons. The van der Waals surface area contributed by atoms with Crippen LogP contribution in [0.1, 0.15) is 18.4 Å². The fourth-order valence-corrected chi connectivity index (χ4v) is 2.61. The van der Waals surface area contributed by atoms with Crippen molar-refractivity contribution >= 4 is 5.91 Å². The molecule has 0 aliphatic carbocycles. The largest absolute Gasteiger partial charge is 0.494 e. The van der Waals surface area contributed by atoms with Crippen molar-refractivity contribution in [2.24, 2.45) is 0 Å². The Bertz CT molecular complexity index is 716. The number of nitrogens with one attached hydrogen (secondary N) is 1. The molecule has 0 unspecified atom stereocenters. The first kappa shape index (κ1) is 17.1. The van der Waals surface area contributed by atoms with E-state index in [9.17, 15) is 4.79 Å². The van der Waals surface area contributed by atoms with Crippen molar-refractivity contribution in [3.05, 3.63) is 54.1 Å². The molecule has 1 N–H and O–H groups in total. The monoisotopic (exact) mass is 341 g/mol. The van der Waals surface area contributed by atoms with Gasteiger partial charge < -0.3 is 19.5 Å². The molecule has 0 saturated heterocycles. The molecule has 0 radical (unpaired) electrons. The fraction of sp³-hybridized carbons (Fsp3) is 0.350. The average molecular weight is 341 g/mol. The average Bonchev–Trinajstić information content (AvgIpc) is 2.63. The number of rotatable bonds is 7. The minimum Gasteiger partial charge on any atom is -0.494 e. The van der Waals surface area contributed by atoms with Gasteiger partial charge in [0, 0.05) is 6.42 Å². The molecule has 5 nitrogen and oxygen atoms in total. The van der Waals surface area contributed by atoms with Crippen LogP contribution in [-0.2, 0) is 4.79 Å². The third kappa shape index (κ3) is 5.14. The van der Waals surface area contributed by atoms with Gasteiger partial charge in [0.15, 0.2) is 11.5 Å². The lowest BCUT2D eigenvalue weighted by molar-refractivity contribution is -0.121. The second-order valence-corrected chi connectivity index (χ2v) is 6.07. The molecule has 0 fully saturated rings. The summed E-state index contributed by atoms with van der Waals surface area (Å²) in [7, 11) is 0. The Kier molecular flexibility index (Phi) is 5.77. The van der Waals surface area contributed by atoms with Gasteiger partial charge in [-0.3, -0.25) is 4.79 Å². The lowest BCUT2D eigenvalue weighted by atomic mass is 10.2. The van der Waals surface area contributed by atoms with Crippen LogP contribution in [-0.4, -0.2) is 31.8 Å². The van der Waals surface area contributed by atoms with Gasteiger partial charge in [-0.15, -0.1) is 0 Å². The smallest absolute Gasteiger partial charge is 0.220 e. The second-order valence-electron chi connectivity index (χ2n) is 6.07. The highest BCUT2D eigenvalue weighted by atomic mass is 16.6. The highest BCUT2D eigenvalue weighted by Gasteiger charge is 2.20. The first-order valence-corrected chi connectivity index (χ1v) is 8.55. The Balaban J connectivity index is 1.32. The van der Waals surface area contributed by atoms with E-state index in [4.69, 9.17) is 14.2 Å². The lowest BCUT2D eigenvalue weighted by Gasteiger charge is -2.26. The van der Waals surface area contributed by atoms with Crippen molar-refractivity contribution in [3.8, 4) is 17.2 Å². The second kappa shape index (κ2) is 8.42. The predicted molar refractivity (Wildman–Crippen MR) is 95.3 cm³/mol. The van der Waals surface area contributed by atoms with E-state index >= 15 is 0 Å². The van der Waals surface area contributed by atoms with Crippen LogP contribution in [0, 0.1) is 6.92 Å². The van der Waals surface area contributed by atoms with Crippen LogP contribution < -0.4 is 19.5 Å². The van der Waals surface area contributed by atoms with Gasteiger partial charge >= 0.3 is 0 Å². The molecular formula is C20H23NO4. The molecule has 5 heteroatoms. The van der Waals surface area contributed by atoms with E-state index in [-0.39, 0.29) is 12.0 Å². The van der Waals surface area contributed by atoms with Crippen molar-refractivity contribution < 1.29 is 19.0 Å². The van der Waals surface area contributed by atoms with Gasteiger partial charge in [-0.25, -0.2) is 0 Å². The number of fused-ring (bicyclic) bond motifs is 1. The summed E-state index contributed by atoms with van der Waals surface area (Å²) in [6.45, 7) is 3.42. The summed E-state index contributed by atoms with van der Waals surface area (Å²) in [5, 5.41) is 2.89. The zero-order valence-corrected chi connectivity index (χ0v) is 14.4. The maximum atomic E-state index is 11.9. The first-order chi connectivity index (χ1) is 12.2. The molecule has 0 aromatic heterocycles. The zero-order valence-electron chi connectivity index (χ0n) is 14.4. The number of benzene rings is 2. The standard InChI is InChI=1S/C20H23NO4/c1-15-6-4-7-16(12-15)23-11-5-10-20(22)21-13-17-14-24-18-8-2-3-9-19(18)25-17/h2-4,6-9,12,17H,5,10-11,13-14H2,1H3,(H,21,22)/t17-/m0/s1. The van der Waals surface area contributed by atoms with Crippen molar-refractivity contribution in [3.63, 3.8) is 0 Å². The van der Waals surface area contributed by atoms with E-state index in [1.807, 2.05) is 55.5 Å².